The van der Waals surface area contributed by atoms with E-state index in [1.165, 1.54) is 0 Å². The topological polar surface area (TPSA) is 51.2 Å². The third-order valence-corrected chi connectivity index (χ3v) is 3.27. The SMILES string of the molecule is Cc1cccc(NC(=O)OCc2ccc3ccccc3n2)c1. The normalized spacial score (nSPS) is 10.4. The van der Waals surface area contributed by atoms with Crippen molar-refractivity contribution < 1.29 is 9.53 Å². The van der Waals surface area contributed by atoms with E-state index in [4.69, 9.17) is 4.74 Å². The second kappa shape index (κ2) is 6.26. The molecule has 0 saturated heterocycles. The number of nitrogens with zero attached hydrogens (tertiary/aromatic N) is 1. The van der Waals surface area contributed by atoms with Gasteiger partial charge in [-0.05, 0) is 36.8 Å². The number of hydrogen-bond donors (Lipinski definition) is 1. The molecular formula is C18H16N2O2. The lowest BCUT2D eigenvalue weighted by molar-refractivity contribution is 0.154. The summed E-state index contributed by atoms with van der Waals surface area (Å²) < 4.78 is 5.21. The van der Waals surface area contributed by atoms with Gasteiger partial charge in [-0.25, -0.2) is 9.78 Å². The Kier molecular flexibility index (Phi) is 4.01. The van der Waals surface area contributed by atoms with Crippen molar-refractivity contribution in [1.29, 1.82) is 0 Å². The highest BCUT2D eigenvalue weighted by molar-refractivity contribution is 5.84. The molecule has 110 valence electrons. The molecule has 1 aromatic heterocycles. The van der Waals surface area contributed by atoms with Crippen LogP contribution >= 0.6 is 0 Å². The summed E-state index contributed by atoms with van der Waals surface area (Å²) in [7, 11) is 0. The number of anilines is 1. The first-order valence-electron chi connectivity index (χ1n) is 7.06. The Morgan fingerprint density at radius 1 is 1.09 bits per heavy atom. The number of carbonyl (C=O) groups is 1. The third kappa shape index (κ3) is 3.41. The molecule has 0 radical (unpaired) electrons. The summed E-state index contributed by atoms with van der Waals surface area (Å²) >= 11 is 0. The van der Waals surface area contributed by atoms with E-state index >= 15 is 0 Å². The molecule has 0 aliphatic rings. The molecule has 2 aromatic carbocycles. The minimum absolute atomic E-state index is 0.141. The van der Waals surface area contributed by atoms with Crippen molar-refractivity contribution >= 4 is 22.7 Å². The van der Waals surface area contributed by atoms with E-state index in [-0.39, 0.29) is 6.61 Å². The monoisotopic (exact) mass is 292 g/mol. The Bertz CT molecular complexity index is 815. The van der Waals surface area contributed by atoms with Crippen LogP contribution in [0.25, 0.3) is 10.9 Å². The number of nitrogens with one attached hydrogen (secondary N) is 1. The Labute approximate surface area is 128 Å². The van der Waals surface area contributed by atoms with Gasteiger partial charge in [-0.15, -0.1) is 0 Å². The molecule has 1 N–H and O–H groups in total. The largest absolute Gasteiger partial charge is 0.443 e. The first-order chi connectivity index (χ1) is 10.7. The number of fused-ring (bicyclic) bond motifs is 1. The lowest BCUT2D eigenvalue weighted by Gasteiger charge is -2.08. The summed E-state index contributed by atoms with van der Waals surface area (Å²) in [6, 6.07) is 19.2. The lowest BCUT2D eigenvalue weighted by atomic mass is 10.2. The molecule has 3 rings (SSSR count). The van der Waals surface area contributed by atoms with Crippen LogP contribution in [0.5, 0.6) is 0 Å². The molecular weight excluding hydrogens is 276 g/mol. The minimum atomic E-state index is -0.486. The van der Waals surface area contributed by atoms with Crippen molar-refractivity contribution in [3.8, 4) is 0 Å². The molecule has 0 unspecified atom stereocenters. The fourth-order valence-corrected chi connectivity index (χ4v) is 2.20. The van der Waals surface area contributed by atoms with Crippen LogP contribution in [0.2, 0.25) is 0 Å². The van der Waals surface area contributed by atoms with Crippen molar-refractivity contribution in [1.82, 2.24) is 4.98 Å². The maximum Gasteiger partial charge on any atom is 0.412 e. The van der Waals surface area contributed by atoms with Gasteiger partial charge in [0.25, 0.3) is 0 Å². The molecule has 0 saturated carbocycles. The van der Waals surface area contributed by atoms with E-state index in [0.717, 1.165) is 27.8 Å². The molecule has 3 aromatic rings. The smallest absolute Gasteiger partial charge is 0.412 e. The Balaban J connectivity index is 1.62. The maximum absolute atomic E-state index is 11.8. The number of rotatable bonds is 3. The fourth-order valence-electron chi connectivity index (χ4n) is 2.20. The summed E-state index contributed by atoms with van der Waals surface area (Å²) in [6.45, 7) is 2.11. The highest BCUT2D eigenvalue weighted by atomic mass is 16.5. The summed E-state index contributed by atoms with van der Waals surface area (Å²) in [5, 5.41) is 3.77. The van der Waals surface area contributed by atoms with Crippen molar-refractivity contribution in [2.75, 3.05) is 5.32 Å². The van der Waals surface area contributed by atoms with Crippen LogP contribution in [0.15, 0.2) is 60.7 Å². The highest BCUT2D eigenvalue weighted by Gasteiger charge is 2.05. The molecule has 22 heavy (non-hydrogen) atoms. The summed E-state index contributed by atoms with van der Waals surface area (Å²) in [4.78, 5) is 16.3. The number of benzene rings is 2. The van der Waals surface area contributed by atoms with Crippen LogP contribution in [0.3, 0.4) is 0 Å². The molecule has 4 heteroatoms. The molecule has 0 aliphatic heterocycles. The first-order valence-corrected chi connectivity index (χ1v) is 7.06. The van der Waals surface area contributed by atoms with Crippen LogP contribution in [0.1, 0.15) is 11.3 Å². The van der Waals surface area contributed by atoms with E-state index in [9.17, 15) is 4.79 Å². The second-order valence-corrected chi connectivity index (χ2v) is 5.07. The van der Waals surface area contributed by atoms with Crippen molar-refractivity contribution in [3.63, 3.8) is 0 Å². The van der Waals surface area contributed by atoms with Crippen LogP contribution in [-0.4, -0.2) is 11.1 Å². The molecule has 1 amide bonds. The van der Waals surface area contributed by atoms with Gasteiger partial charge in [0.05, 0.1) is 11.2 Å². The Morgan fingerprint density at radius 2 is 1.95 bits per heavy atom. The van der Waals surface area contributed by atoms with Crippen molar-refractivity contribution in [3.05, 3.63) is 71.9 Å². The van der Waals surface area contributed by atoms with E-state index in [0.29, 0.717) is 0 Å². The fraction of sp³-hybridized carbons (Fsp3) is 0.111. The average molecular weight is 292 g/mol. The summed E-state index contributed by atoms with van der Waals surface area (Å²) in [6.07, 6.45) is -0.486. The van der Waals surface area contributed by atoms with Gasteiger partial charge in [-0.3, -0.25) is 5.32 Å². The van der Waals surface area contributed by atoms with Crippen LogP contribution in [-0.2, 0) is 11.3 Å². The van der Waals surface area contributed by atoms with Crippen LogP contribution < -0.4 is 5.32 Å². The van der Waals surface area contributed by atoms with Gasteiger partial charge in [0.1, 0.15) is 6.61 Å². The number of hydrogen-bond acceptors (Lipinski definition) is 3. The number of aryl methyl sites for hydroxylation is 1. The van der Waals surface area contributed by atoms with Crippen molar-refractivity contribution in [2.24, 2.45) is 0 Å². The average Bonchev–Trinajstić information content (AvgIpc) is 2.53. The summed E-state index contributed by atoms with van der Waals surface area (Å²) in [5.41, 5.74) is 3.41. The Hall–Kier alpha value is -2.88. The Morgan fingerprint density at radius 3 is 2.82 bits per heavy atom. The summed E-state index contributed by atoms with van der Waals surface area (Å²) in [5.74, 6) is 0. The number of aromatic nitrogens is 1. The van der Waals surface area contributed by atoms with E-state index < -0.39 is 6.09 Å². The zero-order chi connectivity index (χ0) is 15.4. The third-order valence-electron chi connectivity index (χ3n) is 3.27. The number of amides is 1. The van der Waals surface area contributed by atoms with E-state index in [1.54, 1.807) is 0 Å². The first kappa shape index (κ1) is 14.1. The number of pyridine rings is 1. The molecule has 0 spiro atoms. The van der Waals surface area contributed by atoms with Gasteiger partial charge < -0.3 is 4.74 Å². The minimum Gasteiger partial charge on any atom is -0.443 e. The molecule has 0 aliphatic carbocycles. The second-order valence-electron chi connectivity index (χ2n) is 5.07. The number of carbonyl (C=O) groups excluding carboxylic acids is 1. The standard InChI is InChI=1S/C18H16N2O2/c1-13-5-4-7-15(11-13)20-18(21)22-12-16-10-9-14-6-2-3-8-17(14)19-16/h2-11H,12H2,1H3,(H,20,21). The molecule has 4 nitrogen and oxygen atoms in total. The van der Waals surface area contributed by atoms with Gasteiger partial charge in [0.15, 0.2) is 0 Å². The van der Waals surface area contributed by atoms with Gasteiger partial charge in [0, 0.05) is 11.1 Å². The molecule has 1 heterocycles. The van der Waals surface area contributed by atoms with Crippen LogP contribution in [0, 0.1) is 6.92 Å². The lowest BCUT2D eigenvalue weighted by Crippen LogP contribution is -2.14. The van der Waals surface area contributed by atoms with E-state index in [2.05, 4.69) is 10.3 Å². The maximum atomic E-state index is 11.8. The zero-order valence-corrected chi connectivity index (χ0v) is 12.2. The van der Waals surface area contributed by atoms with Gasteiger partial charge in [-0.2, -0.15) is 0 Å². The highest BCUT2D eigenvalue weighted by Crippen LogP contribution is 2.13. The van der Waals surface area contributed by atoms with Gasteiger partial charge in [-0.1, -0.05) is 36.4 Å². The predicted molar refractivity (Wildman–Crippen MR) is 86.7 cm³/mol. The molecule has 0 bridgehead atoms. The predicted octanol–water partition coefficient (Wildman–Crippen LogP) is 4.29. The number of ether oxygens (including phenoxy) is 1. The zero-order valence-electron chi connectivity index (χ0n) is 12.2. The van der Waals surface area contributed by atoms with Crippen molar-refractivity contribution in [2.45, 2.75) is 13.5 Å². The molecule has 0 fully saturated rings. The van der Waals surface area contributed by atoms with E-state index in [1.807, 2.05) is 67.6 Å². The quantitative estimate of drug-likeness (QED) is 0.783. The van der Waals surface area contributed by atoms with Gasteiger partial charge in [0.2, 0.25) is 0 Å². The number of para-hydroxylation sites is 1. The van der Waals surface area contributed by atoms with Gasteiger partial charge >= 0.3 is 6.09 Å². The van der Waals surface area contributed by atoms with Crippen LogP contribution in [0.4, 0.5) is 10.5 Å². The molecule has 0 atom stereocenters.